The summed E-state index contributed by atoms with van der Waals surface area (Å²) in [7, 11) is 0. The number of hydrogen-bond acceptors (Lipinski definition) is 3. The lowest BCUT2D eigenvalue weighted by Crippen LogP contribution is -2.16. The molecule has 0 bridgehead atoms. The highest BCUT2D eigenvalue weighted by Gasteiger charge is 2.19. The van der Waals surface area contributed by atoms with Crippen LogP contribution in [0.4, 0.5) is 0 Å². The summed E-state index contributed by atoms with van der Waals surface area (Å²) in [5.74, 6) is 1.75. The van der Waals surface area contributed by atoms with Crippen molar-refractivity contribution in [2.24, 2.45) is 11.8 Å². The number of hydrogen-bond donors (Lipinski definition) is 1. The lowest BCUT2D eigenvalue weighted by atomic mass is 9.80. The summed E-state index contributed by atoms with van der Waals surface area (Å²) in [4.78, 5) is 10.9. The van der Waals surface area contributed by atoms with E-state index < -0.39 is 12.3 Å². The maximum absolute atomic E-state index is 10.9. The molecule has 0 heterocycles. The number of benzene rings is 2. The molecule has 0 aromatic heterocycles. The topological polar surface area (TPSA) is 55.8 Å². The third-order valence-corrected chi connectivity index (χ3v) is 5.35. The van der Waals surface area contributed by atoms with Gasteiger partial charge in [-0.1, -0.05) is 58.4 Å². The van der Waals surface area contributed by atoms with Crippen molar-refractivity contribution >= 4 is 5.97 Å². The fourth-order valence-electron chi connectivity index (χ4n) is 3.47. The first-order chi connectivity index (χ1) is 13.8. The van der Waals surface area contributed by atoms with Crippen molar-refractivity contribution in [3.63, 3.8) is 0 Å². The Balaban J connectivity index is 1.91. The van der Waals surface area contributed by atoms with Crippen molar-refractivity contribution in [1.82, 2.24) is 0 Å². The van der Waals surface area contributed by atoms with Crippen molar-refractivity contribution in [1.29, 1.82) is 0 Å². The van der Waals surface area contributed by atoms with Crippen LogP contribution in [0.1, 0.15) is 74.9 Å². The van der Waals surface area contributed by atoms with Crippen LogP contribution < -0.4 is 4.74 Å². The normalized spacial score (nSPS) is 14.4. The summed E-state index contributed by atoms with van der Waals surface area (Å²) in [6.07, 6.45) is 1.96. The van der Waals surface area contributed by atoms with E-state index in [1.807, 2.05) is 19.1 Å². The third-order valence-electron chi connectivity index (χ3n) is 5.35. The van der Waals surface area contributed by atoms with Gasteiger partial charge in [0.1, 0.15) is 5.75 Å². The highest BCUT2D eigenvalue weighted by Crippen LogP contribution is 2.33. The van der Waals surface area contributed by atoms with Gasteiger partial charge in [-0.3, -0.25) is 0 Å². The van der Waals surface area contributed by atoms with E-state index in [0.717, 1.165) is 11.3 Å². The molecule has 3 atom stereocenters. The molecule has 4 heteroatoms. The Morgan fingerprint density at radius 1 is 0.966 bits per heavy atom. The number of rotatable bonds is 11. The summed E-state index contributed by atoms with van der Waals surface area (Å²) >= 11 is 0. The lowest BCUT2D eigenvalue weighted by molar-refractivity contribution is -0.0759. The zero-order chi connectivity index (χ0) is 21.4. The summed E-state index contributed by atoms with van der Waals surface area (Å²) < 4.78 is 11.6. The van der Waals surface area contributed by atoms with Crippen molar-refractivity contribution in [2.75, 3.05) is 0 Å². The van der Waals surface area contributed by atoms with Crippen LogP contribution in [0.5, 0.6) is 5.75 Å². The average Bonchev–Trinajstić information content (AvgIpc) is 2.70. The molecule has 0 radical (unpaired) electrons. The van der Waals surface area contributed by atoms with Crippen molar-refractivity contribution in [2.45, 2.75) is 66.3 Å². The van der Waals surface area contributed by atoms with Crippen LogP contribution in [0.15, 0.2) is 48.5 Å². The van der Waals surface area contributed by atoms with Gasteiger partial charge in [0.2, 0.25) is 0 Å². The monoisotopic (exact) mass is 398 g/mol. The second-order valence-electron chi connectivity index (χ2n) is 8.19. The van der Waals surface area contributed by atoms with Crippen LogP contribution in [0.25, 0.3) is 0 Å². The second-order valence-corrected chi connectivity index (χ2v) is 8.19. The standard InChI is InChI=1S/C25H34O4/c1-6-18(4)24(15-17(2)3)21-11-13-23(14-12-21)29-19(5)28-16-20-7-9-22(10-8-20)25(26)27/h7-14,17-19,24H,6,15-16H2,1-5H3,(H,26,27). The number of carboxylic acid groups (broad SMARTS) is 1. The van der Waals surface area contributed by atoms with Crippen molar-refractivity contribution in [3.8, 4) is 5.75 Å². The van der Waals surface area contributed by atoms with E-state index in [0.29, 0.717) is 24.4 Å². The Labute approximate surface area is 174 Å². The number of aromatic carboxylic acids is 1. The van der Waals surface area contributed by atoms with E-state index in [2.05, 4.69) is 39.8 Å². The molecule has 0 saturated carbocycles. The molecule has 0 amide bonds. The number of ether oxygens (including phenoxy) is 2. The Morgan fingerprint density at radius 3 is 2.10 bits per heavy atom. The predicted octanol–water partition coefficient (Wildman–Crippen LogP) is 6.50. The predicted molar refractivity (Wildman–Crippen MR) is 116 cm³/mol. The highest BCUT2D eigenvalue weighted by atomic mass is 16.7. The van der Waals surface area contributed by atoms with Crippen LogP contribution in [0, 0.1) is 11.8 Å². The summed E-state index contributed by atoms with van der Waals surface area (Å²) in [5, 5.41) is 8.95. The molecule has 158 valence electrons. The minimum Gasteiger partial charge on any atom is -0.478 e. The van der Waals surface area contributed by atoms with Crippen LogP contribution in [0.3, 0.4) is 0 Å². The fourth-order valence-corrected chi connectivity index (χ4v) is 3.47. The molecule has 0 aliphatic heterocycles. The van der Waals surface area contributed by atoms with Gasteiger partial charge in [0.05, 0.1) is 12.2 Å². The molecule has 0 spiro atoms. The number of carbonyl (C=O) groups is 1. The van der Waals surface area contributed by atoms with Crippen molar-refractivity contribution < 1.29 is 19.4 Å². The zero-order valence-corrected chi connectivity index (χ0v) is 18.2. The molecular weight excluding hydrogens is 364 g/mol. The summed E-state index contributed by atoms with van der Waals surface area (Å²) in [6.45, 7) is 11.4. The molecular formula is C25H34O4. The van der Waals surface area contributed by atoms with E-state index in [1.165, 1.54) is 18.4 Å². The van der Waals surface area contributed by atoms with Crippen LogP contribution in [-0.2, 0) is 11.3 Å². The molecule has 0 fully saturated rings. The van der Waals surface area contributed by atoms with Gasteiger partial charge in [-0.2, -0.15) is 0 Å². The SMILES string of the molecule is CCC(C)C(CC(C)C)c1ccc(OC(C)OCc2ccc(C(=O)O)cc2)cc1. The minimum absolute atomic E-state index is 0.270. The molecule has 0 saturated heterocycles. The largest absolute Gasteiger partial charge is 0.478 e. The zero-order valence-electron chi connectivity index (χ0n) is 18.2. The molecule has 1 N–H and O–H groups in total. The van der Waals surface area contributed by atoms with E-state index >= 15 is 0 Å². The quantitative estimate of drug-likeness (QED) is 0.439. The molecule has 0 aliphatic rings. The highest BCUT2D eigenvalue weighted by molar-refractivity contribution is 5.87. The molecule has 0 aliphatic carbocycles. The summed E-state index contributed by atoms with van der Waals surface area (Å²) in [6, 6.07) is 15.1. The molecule has 3 unspecified atom stereocenters. The van der Waals surface area contributed by atoms with E-state index in [9.17, 15) is 4.79 Å². The first-order valence-corrected chi connectivity index (χ1v) is 10.5. The van der Waals surface area contributed by atoms with Crippen LogP contribution in [0.2, 0.25) is 0 Å². The van der Waals surface area contributed by atoms with Crippen LogP contribution >= 0.6 is 0 Å². The average molecular weight is 399 g/mol. The van der Waals surface area contributed by atoms with Gasteiger partial charge >= 0.3 is 5.97 Å². The summed E-state index contributed by atoms with van der Waals surface area (Å²) in [5.41, 5.74) is 2.55. The molecule has 2 aromatic carbocycles. The van der Waals surface area contributed by atoms with Gasteiger partial charge in [-0.05, 0) is 66.5 Å². The van der Waals surface area contributed by atoms with Gasteiger partial charge in [0, 0.05) is 0 Å². The van der Waals surface area contributed by atoms with Gasteiger partial charge in [-0.15, -0.1) is 0 Å². The first kappa shape index (κ1) is 23.0. The van der Waals surface area contributed by atoms with Crippen LogP contribution in [-0.4, -0.2) is 17.4 Å². The Morgan fingerprint density at radius 2 is 1.59 bits per heavy atom. The van der Waals surface area contributed by atoms with E-state index in [1.54, 1.807) is 24.3 Å². The van der Waals surface area contributed by atoms with Gasteiger partial charge in [0.15, 0.2) is 6.29 Å². The van der Waals surface area contributed by atoms with Crippen molar-refractivity contribution in [3.05, 3.63) is 65.2 Å². The molecule has 2 rings (SSSR count). The van der Waals surface area contributed by atoms with E-state index in [4.69, 9.17) is 14.6 Å². The Hall–Kier alpha value is -2.33. The van der Waals surface area contributed by atoms with Gasteiger partial charge < -0.3 is 14.6 Å². The molecule has 29 heavy (non-hydrogen) atoms. The molecule has 4 nitrogen and oxygen atoms in total. The van der Waals surface area contributed by atoms with E-state index in [-0.39, 0.29) is 5.56 Å². The maximum atomic E-state index is 10.9. The Kier molecular flexibility index (Phi) is 8.71. The van der Waals surface area contributed by atoms with Gasteiger partial charge in [0.25, 0.3) is 0 Å². The first-order valence-electron chi connectivity index (χ1n) is 10.5. The minimum atomic E-state index is -0.929. The third kappa shape index (κ3) is 7.21. The Bertz CT molecular complexity index is 749. The second kappa shape index (κ2) is 11.0. The lowest BCUT2D eigenvalue weighted by Gasteiger charge is -2.25. The molecule has 2 aromatic rings. The smallest absolute Gasteiger partial charge is 0.335 e. The number of carboxylic acids is 1. The van der Waals surface area contributed by atoms with Gasteiger partial charge in [-0.25, -0.2) is 4.79 Å². The fraction of sp³-hybridized carbons (Fsp3) is 0.480. The maximum Gasteiger partial charge on any atom is 0.335 e.